The molecule has 0 aliphatic carbocycles. The maximum Gasteiger partial charge on any atom is 0.326 e. The number of aliphatic carboxylic acids is 1. The SMILES string of the molecule is C#CCNC(=O)N[C@H](CC(C)C)C(=O)O. The summed E-state index contributed by atoms with van der Waals surface area (Å²) >= 11 is 0. The van der Waals surface area contributed by atoms with E-state index in [-0.39, 0.29) is 12.5 Å². The second kappa shape index (κ2) is 6.71. The van der Waals surface area contributed by atoms with Crippen LogP contribution in [0, 0.1) is 18.3 Å². The number of hydrogen-bond donors (Lipinski definition) is 3. The van der Waals surface area contributed by atoms with Gasteiger partial charge < -0.3 is 15.7 Å². The molecule has 15 heavy (non-hydrogen) atoms. The molecule has 0 spiro atoms. The van der Waals surface area contributed by atoms with Crippen LogP contribution >= 0.6 is 0 Å². The second-order valence-electron chi connectivity index (χ2n) is 3.55. The first-order valence-corrected chi connectivity index (χ1v) is 4.68. The smallest absolute Gasteiger partial charge is 0.326 e. The van der Waals surface area contributed by atoms with Crippen LogP contribution in [0.3, 0.4) is 0 Å². The number of terminal acetylenes is 1. The number of urea groups is 1. The van der Waals surface area contributed by atoms with Crippen molar-refractivity contribution in [3.63, 3.8) is 0 Å². The van der Waals surface area contributed by atoms with Crippen molar-refractivity contribution in [2.75, 3.05) is 6.54 Å². The van der Waals surface area contributed by atoms with E-state index in [1.807, 2.05) is 13.8 Å². The first-order valence-electron chi connectivity index (χ1n) is 4.68. The lowest BCUT2D eigenvalue weighted by molar-refractivity contribution is -0.139. The monoisotopic (exact) mass is 212 g/mol. The molecule has 2 amide bonds. The van der Waals surface area contributed by atoms with Crippen LogP contribution in [-0.2, 0) is 4.79 Å². The third-order valence-corrected chi connectivity index (χ3v) is 1.66. The molecule has 0 aliphatic rings. The second-order valence-corrected chi connectivity index (χ2v) is 3.55. The highest BCUT2D eigenvalue weighted by atomic mass is 16.4. The van der Waals surface area contributed by atoms with Crippen LogP contribution in [0.4, 0.5) is 4.79 Å². The number of carboxylic acid groups (broad SMARTS) is 1. The van der Waals surface area contributed by atoms with Gasteiger partial charge in [0, 0.05) is 0 Å². The van der Waals surface area contributed by atoms with Gasteiger partial charge in [-0.2, -0.15) is 0 Å². The molecule has 5 heteroatoms. The predicted molar refractivity (Wildman–Crippen MR) is 56.2 cm³/mol. The van der Waals surface area contributed by atoms with Crippen molar-refractivity contribution in [1.82, 2.24) is 10.6 Å². The molecule has 3 N–H and O–H groups in total. The molecule has 0 fully saturated rings. The third kappa shape index (κ3) is 6.38. The molecule has 0 saturated carbocycles. The van der Waals surface area contributed by atoms with Crippen molar-refractivity contribution in [3.8, 4) is 12.3 Å². The van der Waals surface area contributed by atoms with Gasteiger partial charge in [0.15, 0.2) is 0 Å². The first kappa shape index (κ1) is 13.3. The summed E-state index contributed by atoms with van der Waals surface area (Å²) in [7, 11) is 0. The molecule has 0 aromatic heterocycles. The van der Waals surface area contributed by atoms with Gasteiger partial charge in [-0.25, -0.2) is 9.59 Å². The van der Waals surface area contributed by atoms with E-state index < -0.39 is 18.0 Å². The van der Waals surface area contributed by atoms with E-state index in [1.54, 1.807) is 0 Å². The van der Waals surface area contributed by atoms with Crippen LogP contribution in [-0.4, -0.2) is 29.7 Å². The van der Waals surface area contributed by atoms with Gasteiger partial charge in [-0.15, -0.1) is 6.42 Å². The molecule has 0 aliphatic heterocycles. The standard InChI is InChI=1S/C10H16N2O3/c1-4-5-11-10(15)12-8(9(13)14)6-7(2)3/h1,7-8H,5-6H2,2-3H3,(H,13,14)(H2,11,12,15)/t8-/m1/s1. The molecule has 1 atom stereocenters. The molecule has 0 aromatic rings. The van der Waals surface area contributed by atoms with Gasteiger partial charge in [-0.1, -0.05) is 19.8 Å². The van der Waals surface area contributed by atoms with Crippen LogP contribution in [0.5, 0.6) is 0 Å². The fourth-order valence-corrected chi connectivity index (χ4v) is 1.03. The van der Waals surface area contributed by atoms with Crippen molar-refractivity contribution >= 4 is 12.0 Å². The Balaban J connectivity index is 4.12. The molecule has 5 nitrogen and oxygen atoms in total. The summed E-state index contributed by atoms with van der Waals surface area (Å²) in [5.41, 5.74) is 0. The molecule has 0 rings (SSSR count). The zero-order valence-corrected chi connectivity index (χ0v) is 8.91. The van der Waals surface area contributed by atoms with E-state index in [0.717, 1.165) is 0 Å². The largest absolute Gasteiger partial charge is 0.480 e. The van der Waals surface area contributed by atoms with Gasteiger partial charge in [-0.3, -0.25) is 0 Å². The zero-order valence-electron chi connectivity index (χ0n) is 8.91. The summed E-state index contributed by atoms with van der Waals surface area (Å²) in [6, 6.07) is -1.43. The Morgan fingerprint density at radius 2 is 2.07 bits per heavy atom. The Morgan fingerprint density at radius 3 is 2.47 bits per heavy atom. The summed E-state index contributed by atoms with van der Waals surface area (Å²) in [4.78, 5) is 21.9. The topological polar surface area (TPSA) is 78.4 Å². The molecule has 0 saturated heterocycles. The van der Waals surface area contributed by atoms with Crippen molar-refractivity contribution in [3.05, 3.63) is 0 Å². The molecule has 0 bridgehead atoms. The minimum atomic E-state index is -1.04. The number of amides is 2. The molecule has 0 unspecified atom stereocenters. The molecule has 0 radical (unpaired) electrons. The van der Waals surface area contributed by atoms with E-state index in [9.17, 15) is 9.59 Å². The Kier molecular flexibility index (Phi) is 5.95. The highest BCUT2D eigenvalue weighted by Gasteiger charge is 2.20. The van der Waals surface area contributed by atoms with Crippen LogP contribution in [0.15, 0.2) is 0 Å². The number of rotatable bonds is 5. The van der Waals surface area contributed by atoms with Crippen molar-refractivity contribution in [2.24, 2.45) is 5.92 Å². The quantitative estimate of drug-likeness (QED) is 0.578. The van der Waals surface area contributed by atoms with Crippen molar-refractivity contribution in [2.45, 2.75) is 26.3 Å². The van der Waals surface area contributed by atoms with Gasteiger partial charge in [0.1, 0.15) is 6.04 Å². The highest BCUT2D eigenvalue weighted by molar-refractivity contribution is 5.82. The third-order valence-electron chi connectivity index (χ3n) is 1.66. The summed E-state index contributed by atoms with van der Waals surface area (Å²) in [5, 5.41) is 13.5. The maximum atomic E-state index is 11.1. The zero-order chi connectivity index (χ0) is 11.8. The lowest BCUT2D eigenvalue weighted by atomic mass is 10.0. The number of carbonyl (C=O) groups excluding carboxylic acids is 1. The fourth-order valence-electron chi connectivity index (χ4n) is 1.03. The number of carboxylic acids is 1. The fraction of sp³-hybridized carbons (Fsp3) is 0.600. The summed E-state index contributed by atoms with van der Waals surface area (Å²) < 4.78 is 0. The normalized spacial score (nSPS) is 11.6. The van der Waals surface area contributed by atoms with Crippen LogP contribution in [0.1, 0.15) is 20.3 Å². The number of hydrogen-bond acceptors (Lipinski definition) is 2. The number of nitrogens with one attached hydrogen (secondary N) is 2. The summed E-state index contributed by atoms with van der Waals surface area (Å²) in [6.45, 7) is 3.85. The van der Waals surface area contributed by atoms with Gasteiger partial charge in [0.05, 0.1) is 6.54 Å². The minimum Gasteiger partial charge on any atom is -0.480 e. The molecule has 0 heterocycles. The summed E-state index contributed by atoms with van der Waals surface area (Å²) in [6.07, 6.45) is 5.33. The van der Waals surface area contributed by atoms with Crippen molar-refractivity contribution in [1.29, 1.82) is 0 Å². The Morgan fingerprint density at radius 1 is 1.47 bits per heavy atom. The van der Waals surface area contributed by atoms with Gasteiger partial charge in [0.2, 0.25) is 0 Å². The molecule has 0 aromatic carbocycles. The highest BCUT2D eigenvalue weighted by Crippen LogP contribution is 2.04. The van der Waals surface area contributed by atoms with Gasteiger partial charge in [-0.05, 0) is 12.3 Å². The average Bonchev–Trinajstić information content (AvgIpc) is 2.12. The Hall–Kier alpha value is -1.70. The molecular formula is C10H16N2O3. The van der Waals surface area contributed by atoms with E-state index in [2.05, 4.69) is 16.6 Å². The van der Waals surface area contributed by atoms with Crippen LogP contribution < -0.4 is 10.6 Å². The molecule has 84 valence electrons. The van der Waals surface area contributed by atoms with Gasteiger partial charge >= 0.3 is 12.0 Å². The lowest BCUT2D eigenvalue weighted by Gasteiger charge is -2.16. The van der Waals surface area contributed by atoms with E-state index in [4.69, 9.17) is 11.5 Å². The predicted octanol–water partition coefficient (Wildman–Crippen LogP) is 0.418. The minimum absolute atomic E-state index is 0.0832. The van der Waals surface area contributed by atoms with E-state index >= 15 is 0 Å². The van der Waals surface area contributed by atoms with Crippen molar-refractivity contribution < 1.29 is 14.7 Å². The maximum absolute atomic E-state index is 11.1. The number of carbonyl (C=O) groups is 2. The lowest BCUT2D eigenvalue weighted by Crippen LogP contribution is -2.46. The van der Waals surface area contributed by atoms with E-state index in [0.29, 0.717) is 6.42 Å². The van der Waals surface area contributed by atoms with Crippen LogP contribution in [0.2, 0.25) is 0 Å². The summed E-state index contributed by atoms with van der Waals surface area (Å²) in [5.74, 6) is 1.37. The Labute approximate surface area is 89.2 Å². The molecular weight excluding hydrogens is 196 g/mol. The first-order chi connectivity index (χ1) is 6.97. The van der Waals surface area contributed by atoms with Crippen LogP contribution in [0.25, 0.3) is 0 Å². The van der Waals surface area contributed by atoms with E-state index in [1.165, 1.54) is 0 Å². The average molecular weight is 212 g/mol. The van der Waals surface area contributed by atoms with Gasteiger partial charge in [0.25, 0.3) is 0 Å². The Bertz CT molecular complexity index is 268.